The van der Waals surface area contributed by atoms with Gasteiger partial charge >= 0.3 is 0 Å². The standard InChI is InChI=1S/C11H21N3O2/c1-14(2)9(15)4-7-13-10(16)11(8-12)5-3-6-11/h3-8,12H2,1-2H3,(H,13,16). The van der Waals surface area contributed by atoms with E-state index in [0.29, 0.717) is 19.5 Å². The number of nitrogens with one attached hydrogen (secondary N) is 1. The molecule has 0 aromatic heterocycles. The Bertz CT molecular complexity index is 267. The highest BCUT2D eigenvalue weighted by molar-refractivity contribution is 5.84. The van der Waals surface area contributed by atoms with Gasteiger partial charge in [-0.05, 0) is 12.8 Å². The molecule has 0 heterocycles. The number of hydrogen-bond donors (Lipinski definition) is 2. The quantitative estimate of drug-likeness (QED) is 0.677. The second-order valence-corrected chi connectivity index (χ2v) is 4.63. The van der Waals surface area contributed by atoms with Crippen molar-refractivity contribution in [1.29, 1.82) is 0 Å². The van der Waals surface area contributed by atoms with E-state index in [1.807, 2.05) is 0 Å². The van der Waals surface area contributed by atoms with Crippen LogP contribution < -0.4 is 11.1 Å². The third-order valence-corrected chi connectivity index (χ3v) is 3.31. The second kappa shape index (κ2) is 5.30. The van der Waals surface area contributed by atoms with Crippen LogP contribution in [0.15, 0.2) is 0 Å². The van der Waals surface area contributed by atoms with E-state index in [2.05, 4.69) is 5.32 Å². The number of amides is 2. The van der Waals surface area contributed by atoms with Crippen molar-refractivity contribution >= 4 is 11.8 Å². The summed E-state index contributed by atoms with van der Waals surface area (Å²) in [5.74, 6) is 0.0310. The molecule has 0 unspecified atom stereocenters. The Labute approximate surface area is 96.4 Å². The van der Waals surface area contributed by atoms with Gasteiger partial charge in [0.15, 0.2) is 0 Å². The first kappa shape index (κ1) is 13.0. The van der Waals surface area contributed by atoms with E-state index in [1.165, 1.54) is 4.90 Å². The molecule has 0 spiro atoms. The van der Waals surface area contributed by atoms with Crippen molar-refractivity contribution in [3.8, 4) is 0 Å². The molecule has 2 amide bonds. The Morgan fingerprint density at radius 3 is 2.38 bits per heavy atom. The van der Waals surface area contributed by atoms with Crippen molar-refractivity contribution in [2.45, 2.75) is 25.7 Å². The molecule has 0 aliphatic heterocycles. The van der Waals surface area contributed by atoms with Gasteiger partial charge in [-0.1, -0.05) is 6.42 Å². The fraction of sp³-hybridized carbons (Fsp3) is 0.818. The highest BCUT2D eigenvalue weighted by Crippen LogP contribution is 2.39. The Morgan fingerprint density at radius 2 is 2.00 bits per heavy atom. The molecular formula is C11H21N3O2. The minimum absolute atomic E-state index is 0.00723. The molecule has 0 aromatic carbocycles. The lowest BCUT2D eigenvalue weighted by Gasteiger charge is -2.39. The van der Waals surface area contributed by atoms with Gasteiger partial charge in [-0.2, -0.15) is 0 Å². The van der Waals surface area contributed by atoms with Gasteiger partial charge in [0.1, 0.15) is 0 Å². The highest BCUT2D eigenvalue weighted by atomic mass is 16.2. The van der Waals surface area contributed by atoms with Gasteiger partial charge in [-0.3, -0.25) is 9.59 Å². The topological polar surface area (TPSA) is 75.4 Å². The van der Waals surface area contributed by atoms with E-state index in [0.717, 1.165) is 19.3 Å². The third-order valence-electron chi connectivity index (χ3n) is 3.31. The Morgan fingerprint density at radius 1 is 1.38 bits per heavy atom. The Kier molecular flexibility index (Phi) is 4.29. The highest BCUT2D eigenvalue weighted by Gasteiger charge is 2.42. The van der Waals surface area contributed by atoms with E-state index in [4.69, 9.17) is 5.73 Å². The molecule has 0 atom stereocenters. The second-order valence-electron chi connectivity index (χ2n) is 4.63. The van der Waals surface area contributed by atoms with Gasteiger partial charge in [0.05, 0.1) is 5.41 Å². The summed E-state index contributed by atoms with van der Waals surface area (Å²) in [5, 5.41) is 2.80. The maximum absolute atomic E-state index is 11.8. The van der Waals surface area contributed by atoms with Crippen molar-refractivity contribution in [1.82, 2.24) is 10.2 Å². The average molecular weight is 227 g/mol. The molecule has 5 nitrogen and oxygen atoms in total. The first-order valence-electron chi connectivity index (χ1n) is 5.70. The molecule has 1 aliphatic rings. The van der Waals surface area contributed by atoms with Gasteiger partial charge < -0.3 is 16.0 Å². The van der Waals surface area contributed by atoms with Crippen LogP contribution in [0.3, 0.4) is 0 Å². The van der Waals surface area contributed by atoms with E-state index < -0.39 is 0 Å². The van der Waals surface area contributed by atoms with Gasteiger partial charge in [-0.25, -0.2) is 0 Å². The number of nitrogens with two attached hydrogens (primary N) is 1. The van der Waals surface area contributed by atoms with Crippen molar-refractivity contribution in [3.63, 3.8) is 0 Å². The first-order valence-corrected chi connectivity index (χ1v) is 5.70. The molecule has 1 saturated carbocycles. The Hall–Kier alpha value is -1.10. The van der Waals surface area contributed by atoms with Crippen LogP contribution in [0.2, 0.25) is 0 Å². The van der Waals surface area contributed by atoms with Crippen molar-refractivity contribution < 1.29 is 9.59 Å². The summed E-state index contributed by atoms with van der Waals surface area (Å²) in [7, 11) is 3.41. The van der Waals surface area contributed by atoms with Crippen LogP contribution in [0.25, 0.3) is 0 Å². The van der Waals surface area contributed by atoms with Crippen LogP contribution >= 0.6 is 0 Å². The largest absolute Gasteiger partial charge is 0.355 e. The first-order chi connectivity index (χ1) is 7.52. The monoisotopic (exact) mass is 227 g/mol. The summed E-state index contributed by atoms with van der Waals surface area (Å²) in [6, 6.07) is 0. The third kappa shape index (κ3) is 2.72. The number of carbonyl (C=O) groups excluding carboxylic acids is 2. The van der Waals surface area contributed by atoms with Gasteiger partial charge in [0.2, 0.25) is 11.8 Å². The molecule has 0 saturated heterocycles. The summed E-state index contributed by atoms with van der Waals surface area (Å²) < 4.78 is 0. The van der Waals surface area contributed by atoms with Crippen molar-refractivity contribution in [2.75, 3.05) is 27.2 Å². The number of carbonyl (C=O) groups is 2. The molecule has 1 aliphatic carbocycles. The van der Waals surface area contributed by atoms with Gasteiger partial charge in [0, 0.05) is 33.6 Å². The lowest BCUT2D eigenvalue weighted by Crippen LogP contribution is -2.50. The van der Waals surface area contributed by atoms with E-state index >= 15 is 0 Å². The van der Waals surface area contributed by atoms with Crippen LogP contribution in [0.1, 0.15) is 25.7 Å². The molecular weight excluding hydrogens is 206 g/mol. The zero-order chi connectivity index (χ0) is 12.2. The summed E-state index contributed by atoms with van der Waals surface area (Å²) in [4.78, 5) is 24.6. The van der Waals surface area contributed by atoms with E-state index in [1.54, 1.807) is 14.1 Å². The van der Waals surface area contributed by atoms with Gasteiger partial charge in [-0.15, -0.1) is 0 Å². The minimum atomic E-state index is -0.346. The summed E-state index contributed by atoms with van der Waals surface area (Å²) in [6.45, 7) is 0.804. The molecule has 0 aromatic rings. The molecule has 92 valence electrons. The lowest BCUT2D eigenvalue weighted by atomic mass is 9.68. The maximum Gasteiger partial charge on any atom is 0.227 e. The molecule has 5 heteroatoms. The van der Waals surface area contributed by atoms with Crippen LogP contribution in [0.5, 0.6) is 0 Å². The molecule has 16 heavy (non-hydrogen) atoms. The van der Waals surface area contributed by atoms with Crippen LogP contribution in [-0.4, -0.2) is 43.9 Å². The van der Waals surface area contributed by atoms with Crippen LogP contribution in [-0.2, 0) is 9.59 Å². The van der Waals surface area contributed by atoms with Gasteiger partial charge in [0.25, 0.3) is 0 Å². The lowest BCUT2D eigenvalue weighted by molar-refractivity contribution is -0.135. The summed E-state index contributed by atoms with van der Waals surface area (Å²) in [6.07, 6.45) is 3.16. The number of rotatable bonds is 5. The fourth-order valence-electron chi connectivity index (χ4n) is 1.82. The maximum atomic E-state index is 11.8. The van der Waals surface area contributed by atoms with Crippen LogP contribution in [0, 0.1) is 5.41 Å². The zero-order valence-electron chi connectivity index (χ0n) is 10.1. The predicted molar refractivity (Wildman–Crippen MR) is 61.7 cm³/mol. The summed E-state index contributed by atoms with van der Waals surface area (Å²) in [5.41, 5.74) is 5.27. The van der Waals surface area contributed by atoms with Crippen molar-refractivity contribution in [2.24, 2.45) is 11.1 Å². The zero-order valence-corrected chi connectivity index (χ0v) is 10.1. The van der Waals surface area contributed by atoms with Crippen molar-refractivity contribution in [3.05, 3.63) is 0 Å². The SMILES string of the molecule is CN(C)C(=O)CCNC(=O)C1(CN)CCC1. The minimum Gasteiger partial charge on any atom is -0.355 e. The average Bonchev–Trinajstić information content (AvgIpc) is 2.16. The van der Waals surface area contributed by atoms with E-state index in [9.17, 15) is 9.59 Å². The predicted octanol–water partition coefficient (Wildman–Crippen LogP) is -0.290. The molecule has 0 bridgehead atoms. The molecule has 1 rings (SSSR count). The number of nitrogens with zero attached hydrogens (tertiary/aromatic N) is 1. The Balaban J connectivity index is 2.28. The normalized spacial score (nSPS) is 17.4. The molecule has 3 N–H and O–H groups in total. The number of hydrogen-bond acceptors (Lipinski definition) is 3. The molecule has 1 fully saturated rings. The molecule has 0 radical (unpaired) electrons. The van der Waals surface area contributed by atoms with E-state index in [-0.39, 0.29) is 17.2 Å². The van der Waals surface area contributed by atoms with Crippen LogP contribution in [0.4, 0.5) is 0 Å². The fourth-order valence-corrected chi connectivity index (χ4v) is 1.82. The summed E-state index contributed by atoms with van der Waals surface area (Å²) >= 11 is 0. The smallest absolute Gasteiger partial charge is 0.227 e.